The second-order valence-corrected chi connectivity index (χ2v) is 8.04. The van der Waals surface area contributed by atoms with E-state index in [2.05, 4.69) is 10.3 Å². The molecule has 1 aromatic heterocycles. The summed E-state index contributed by atoms with van der Waals surface area (Å²) in [6.07, 6.45) is 1.35. The number of benzene rings is 2. The average molecular weight is 425 g/mol. The first kappa shape index (κ1) is 21.9. The van der Waals surface area contributed by atoms with Crippen molar-refractivity contribution < 1.29 is 23.5 Å². The largest absolute Gasteiger partial charge is 0.507 e. The third-order valence-corrected chi connectivity index (χ3v) is 4.66. The van der Waals surface area contributed by atoms with Gasteiger partial charge in [0.25, 0.3) is 11.8 Å². The van der Waals surface area contributed by atoms with E-state index in [4.69, 9.17) is 5.73 Å². The molecule has 0 bridgehead atoms. The zero-order valence-corrected chi connectivity index (χ0v) is 17.2. The van der Waals surface area contributed by atoms with Gasteiger partial charge < -0.3 is 16.2 Å². The summed E-state index contributed by atoms with van der Waals surface area (Å²) in [6, 6.07) is 8.57. The third-order valence-electron chi connectivity index (χ3n) is 4.66. The number of anilines is 1. The molecular formula is C23H21F2N3O3. The van der Waals surface area contributed by atoms with Crippen LogP contribution in [0.3, 0.4) is 0 Å². The van der Waals surface area contributed by atoms with Crippen molar-refractivity contribution in [2.45, 2.75) is 26.2 Å². The number of primary amides is 1. The maximum Gasteiger partial charge on any atom is 0.257 e. The highest BCUT2D eigenvalue weighted by molar-refractivity contribution is 6.09. The van der Waals surface area contributed by atoms with E-state index in [1.165, 1.54) is 24.4 Å². The molecule has 6 nitrogen and oxygen atoms in total. The van der Waals surface area contributed by atoms with Crippen LogP contribution in [0.4, 0.5) is 14.5 Å². The van der Waals surface area contributed by atoms with Crippen LogP contribution in [0.5, 0.6) is 5.75 Å². The number of aromatic nitrogens is 1. The van der Waals surface area contributed by atoms with Crippen LogP contribution in [0, 0.1) is 11.6 Å². The minimum atomic E-state index is -0.971. The predicted octanol–water partition coefficient (Wildman–Crippen LogP) is 4.38. The summed E-state index contributed by atoms with van der Waals surface area (Å²) in [7, 11) is 0. The molecule has 8 heteroatoms. The zero-order valence-electron chi connectivity index (χ0n) is 17.2. The number of amides is 2. The number of hydrogen-bond acceptors (Lipinski definition) is 4. The number of halogens is 2. The van der Waals surface area contributed by atoms with Crippen molar-refractivity contribution in [2.75, 3.05) is 5.32 Å². The fraction of sp³-hybridized carbons (Fsp3) is 0.174. The third kappa shape index (κ3) is 4.69. The first-order valence-corrected chi connectivity index (χ1v) is 9.37. The highest BCUT2D eigenvalue weighted by atomic mass is 19.1. The quantitative estimate of drug-likeness (QED) is 0.577. The molecule has 0 fully saturated rings. The number of pyridine rings is 1. The molecule has 0 unspecified atom stereocenters. The Labute approximate surface area is 177 Å². The van der Waals surface area contributed by atoms with Crippen LogP contribution in [-0.4, -0.2) is 21.9 Å². The fourth-order valence-corrected chi connectivity index (χ4v) is 2.99. The Morgan fingerprint density at radius 1 is 1.00 bits per heavy atom. The summed E-state index contributed by atoms with van der Waals surface area (Å²) < 4.78 is 27.2. The second-order valence-electron chi connectivity index (χ2n) is 8.04. The first-order valence-electron chi connectivity index (χ1n) is 9.37. The zero-order chi connectivity index (χ0) is 22.9. The van der Waals surface area contributed by atoms with Crippen LogP contribution in [0.15, 0.2) is 48.7 Å². The lowest BCUT2D eigenvalue weighted by Gasteiger charge is -2.20. The molecule has 0 aliphatic carbocycles. The van der Waals surface area contributed by atoms with Crippen LogP contribution < -0.4 is 11.1 Å². The minimum absolute atomic E-state index is 0.0971. The molecule has 3 rings (SSSR count). The Hall–Kier alpha value is -3.81. The summed E-state index contributed by atoms with van der Waals surface area (Å²) in [5.41, 5.74) is 5.92. The van der Waals surface area contributed by atoms with Crippen LogP contribution >= 0.6 is 0 Å². The monoisotopic (exact) mass is 425 g/mol. The van der Waals surface area contributed by atoms with Crippen molar-refractivity contribution in [1.29, 1.82) is 0 Å². The van der Waals surface area contributed by atoms with Gasteiger partial charge in [-0.15, -0.1) is 0 Å². The lowest BCUT2D eigenvalue weighted by atomic mass is 9.88. The molecule has 4 N–H and O–H groups in total. The Morgan fingerprint density at radius 2 is 1.71 bits per heavy atom. The Kier molecular flexibility index (Phi) is 5.75. The molecule has 3 aromatic rings. The number of nitrogens with one attached hydrogen (secondary N) is 1. The predicted molar refractivity (Wildman–Crippen MR) is 113 cm³/mol. The maximum absolute atomic E-state index is 13.7. The normalized spacial score (nSPS) is 11.3. The summed E-state index contributed by atoms with van der Waals surface area (Å²) in [5, 5.41) is 12.8. The van der Waals surface area contributed by atoms with Gasteiger partial charge in [0, 0.05) is 40.2 Å². The molecular weight excluding hydrogens is 404 g/mol. The van der Waals surface area contributed by atoms with Gasteiger partial charge in [-0.2, -0.15) is 0 Å². The van der Waals surface area contributed by atoms with E-state index in [9.17, 15) is 23.5 Å². The molecule has 0 spiro atoms. The lowest BCUT2D eigenvalue weighted by molar-refractivity contribution is 0.0992. The van der Waals surface area contributed by atoms with Gasteiger partial charge in [-0.1, -0.05) is 20.8 Å². The van der Waals surface area contributed by atoms with E-state index in [0.717, 1.165) is 18.2 Å². The molecule has 0 saturated carbocycles. The van der Waals surface area contributed by atoms with E-state index in [0.29, 0.717) is 11.3 Å². The smallest absolute Gasteiger partial charge is 0.257 e. The van der Waals surface area contributed by atoms with E-state index in [1.807, 2.05) is 20.8 Å². The number of carbonyl (C=O) groups excluding carboxylic acids is 2. The molecule has 2 amide bonds. The topological polar surface area (TPSA) is 105 Å². The van der Waals surface area contributed by atoms with E-state index < -0.39 is 23.4 Å². The standard InChI is InChI=1S/C23H21F2N3O3/c1-23(2,3)20-10-15(14-6-4-12(24)8-19(14)29)17(11-27-20)22(31)28-13-5-7-18(25)16(9-13)21(26)30/h4-11,29H,1-3H3,(H2,26,30)(H,28,31). The van der Waals surface area contributed by atoms with Gasteiger partial charge in [0.15, 0.2) is 0 Å². The Bertz CT molecular complexity index is 1190. The SMILES string of the molecule is CC(C)(C)c1cc(-c2ccc(F)cc2O)c(C(=O)Nc2ccc(F)c(C(N)=O)c2)cn1. The van der Waals surface area contributed by atoms with Crippen molar-refractivity contribution in [2.24, 2.45) is 5.73 Å². The molecule has 0 aliphatic rings. The van der Waals surface area contributed by atoms with E-state index in [-0.39, 0.29) is 33.5 Å². The summed E-state index contributed by atoms with van der Waals surface area (Å²) in [6.45, 7) is 5.81. The Balaban J connectivity index is 2.09. The molecule has 0 saturated heterocycles. The highest BCUT2D eigenvalue weighted by Crippen LogP contribution is 2.35. The number of aromatic hydroxyl groups is 1. The lowest BCUT2D eigenvalue weighted by Crippen LogP contribution is -2.18. The maximum atomic E-state index is 13.7. The van der Waals surface area contributed by atoms with Crippen LogP contribution in [0.2, 0.25) is 0 Å². The average Bonchev–Trinajstić information content (AvgIpc) is 2.68. The van der Waals surface area contributed by atoms with Crippen molar-refractivity contribution >= 4 is 17.5 Å². The minimum Gasteiger partial charge on any atom is -0.507 e. The molecule has 1 heterocycles. The molecule has 0 atom stereocenters. The van der Waals surface area contributed by atoms with Crippen LogP contribution in [0.1, 0.15) is 47.2 Å². The van der Waals surface area contributed by atoms with Gasteiger partial charge in [0.05, 0.1) is 11.1 Å². The molecule has 0 aliphatic heterocycles. The molecule has 31 heavy (non-hydrogen) atoms. The molecule has 0 radical (unpaired) electrons. The van der Waals surface area contributed by atoms with Gasteiger partial charge in [0.2, 0.25) is 0 Å². The van der Waals surface area contributed by atoms with Crippen molar-refractivity contribution in [3.05, 3.63) is 77.1 Å². The van der Waals surface area contributed by atoms with Gasteiger partial charge in [-0.3, -0.25) is 14.6 Å². The van der Waals surface area contributed by atoms with Crippen molar-refractivity contribution in [1.82, 2.24) is 4.98 Å². The number of nitrogens with two attached hydrogens (primary N) is 1. The highest BCUT2D eigenvalue weighted by Gasteiger charge is 2.22. The first-order chi connectivity index (χ1) is 14.5. The Morgan fingerprint density at radius 3 is 2.32 bits per heavy atom. The number of phenols is 1. The summed E-state index contributed by atoms with van der Waals surface area (Å²) in [4.78, 5) is 28.7. The van der Waals surface area contributed by atoms with Crippen LogP contribution in [-0.2, 0) is 5.41 Å². The summed E-state index contributed by atoms with van der Waals surface area (Å²) in [5.74, 6) is -3.35. The number of hydrogen-bond donors (Lipinski definition) is 3. The number of carbonyl (C=O) groups is 2. The number of rotatable bonds is 4. The van der Waals surface area contributed by atoms with E-state index >= 15 is 0 Å². The van der Waals surface area contributed by atoms with Gasteiger partial charge in [-0.25, -0.2) is 8.78 Å². The van der Waals surface area contributed by atoms with Gasteiger partial charge in [-0.05, 0) is 36.4 Å². The number of phenolic OH excluding ortho intramolecular Hbond substituents is 1. The van der Waals surface area contributed by atoms with Crippen molar-refractivity contribution in [3.8, 4) is 16.9 Å². The van der Waals surface area contributed by atoms with E-state index in [1.54, 1.807) is 6.07 Å². The second kappa shape index (κ2) is 8.14. The van der Waals surface area contributed by atoms with Gasteiger partial charge >= 0.3 is 0 Å². The summed E-state index contributed by atoms with van der Waals surface area (Å²) >= 11 is 0. The number of nitrogens with zero attached hydrogens (tertiary/aromatic N) is 1. The van der Waals surface area contributed by atoms with Crippen LogP contribution in [0.25, 0.3) is 11.1 Å². The molecule has 160 valence electrons. The molecule has 2 aromatic carbocycles. The van der Waals surface area contributed by atoms with Crippen molar-refractivity contribution in [3.63, 3.8) is 0 Å². The fourth-order valence-electron chi connectivity index (χ4n) is 2.99. The van der Waals surface area contributed by atoms with Gasteiger partial charge in [0.1, 0.15) is 17.4 Å².